The summed E-state index contributed by atoms with van der Waals surface area (Å²) in [6, 6.07) is 2.19. The van der Waals surface area contributed by atoms with E-state index in [1.807, 2.05) is 0 Å². The van der Waals surface area contributed by atoms with Crippen molar-refractivity contribution in [2.75, 3.05) is 52.9 Å². The first-order valence-electron chi connectivity index (χ1n) is 13.2. The molecule has 2 saturated heterocycles. The molecular weight excluding hydrogens is 368 g/mol. The first-order valence-corrected chi connectivity index (χ1v) is 13.2. The predicted molar refractivity (Wildman–Crippen MR) is 137 cm³/mol. The first kappa shape index (κ1) is 29.8. The van der Waals surface area contributed by atoms with Gasteiger partial charge in [-0.15, -0.1) is 0 Å². The number of piperazine rings is 1. The van der Waals surface area contributed by atoms with Crippen LogP contribution in [-0.2, 0) is 0 Å². The second-order valence-electron chi connectivity index (χ2n) is 9.99. The lowest BCUT2D eigenvalue weighted by atomic mass is 10.0. The van der Waals surface area contributed by atoms with E-state index < -0.39 is 0 Å². The van der Waals surface area contributed by atoms with Crippen LogP contribution in [0.1, 0.15) is 93.9 Å². The largest absolute Gasteiger partial charge is 0.316 e. The van der Waals surface area contributed by atoms with Crippen molar-refractivity contribution < 1.29 is 0 Å². The van der Waals surface area contributed by atoms with Crippen molar-refractivity contribution in [3.8, 4) is 0 Å². The molecule has 0 bridgehead atoms. The molecule has 2 heterocycles. The van der Waals surface area contributed by atoms with Crippen LogP contribution in [0.2, 0.25) is 0 Å². The number of hydrogen-bond acceptors (Lipinski definition) is 4. The van der Waals surface area contributed by atoms with Gasteiger partial charge in [-0.2, -0.15) is 0 Å². The zero-order chi connectivity index (χ0) is 22.9. The van der Waals surface area contributed by atoms with Crippen LogP contribution in [0.15, 0.2) is 0 Å². The van der Waals surface area contributed by atoms with Gasteiger partial charge in [-0.3, -0.25) is 9.80 Å². The molecule has 2 unspecified atom stereocenters. The third-order valence-corrected chi connectivity index (χ3v) is 6.80. The molecule has 0 aromatic rings. The lowest BCUT2D eigenvalue weighted by Gasteiger charge is -2.36. The molecule has 2 rings (SSSR count). The zero-order valence-corrected chi connectivity index (χ0v) is 22.3. The molecule has 182 valence electrons. The van der Waals surface area contributed by atoms with E-state index in [2.05, 4.69) is 82.5 Å². The molecule has 0 saturated carbocycles. The minimum atomic E-state index is 0.721. The summed E-state index contributed by atoms with van der Waals surface area (Å²) in [4.78, 5) is 7.69. The van der Waals surface area contributed by atoms with E-state index >= 15 is 0 Å². The number of nitrogens with zero attached hydrogens (tertiary/aromatic N) is 3. The van der Waals surface area contributed by atoms with Crippen molar-refractivity contribution in [1.29, 1.82) is 0 Å². The molecule has 2 fully saturated rings. The average Bonchev–Trinajstić information content (AvgIpc) is 3.23. The van der Waals surface area contributed by atoms with Gasteiger partial charge in [0.25, 0.3) is 0 Å². The Bertz CT molecular complexity index is 364. The maximum Gasteiger partial charge on any atom is 0.0204 e. The monoisotopic (exact) mass is 426 g/mol. The molecule has 0 aliphatic carbocycles. The SMILES string of the molecule is CCCC(C)CC.CCCCN1CCN(C(C)C)CC1.CNC1CCN(C(C)C)C1. The van der Waals surface area contributed by atoms with Gasteiger partial charge in [0.15, 0.2) is 0 Å². The van der Waals surface area contributed by atoms with E-state index in [9.17, 15) is 0 Å². The number of likely N-dealkylation sites (tertiary alicyclic amines) is 1. The van der Waals surface area contributed by atoms with Gasteiger partial charge in [-0.05, 0) is 66.6 Å². The van der Waals surface area contributed by atoms with Crippen molar-refractivity contribution >= 4 is 0 Å². The quantitative estimate of drug-likeness (QED) is 0.537. The summed E-state index contributed by atoms with van der Waals surface area (Å²) in [5.74, 6) is 0.949. The number of rotatable bonds is 9. The number of likely N-dealkylation sites (N-methyl/N-ethyl adjacent to an activating group) is 1. The maximum absolute atomic E-state index is 3.31. The summed E-state index contributed by atoms with van der Waals surface area (Å²) in [7, 11) is 2.05. The molecule has 2 atom stereocenters. The van der Waals surface area contributed by atoms with Gasteiger partial charge < -0.3 is 10.2 Å². The van der Waals surface area contributed by atoms with Crippen LogP contribution in [0.3, 0.4) is 0 Å². The molecule has 30 heavy (non-hydrogen) atoms. The lowest BCUT2D eigenvalue weighted by Crippen LogP contribution is -2.48. The van der Waals surface area contributed by atoms with E-state index in [1.165, 1.54) is 84.3 Å². The maximum atomic E-state index is 3.31. The molecule has 0 aromatic carbocycles. The summed E-state index contributed by atoms with van der Waals surface area (Å²) >= 11 is 0. The van der Waals surface area contributed by atoms with Crippen molar-refractivity contribution in [3.05, 3.63) is 0 Å². The molecular formula is C26H58N4. The Morgan fingerprint density at radius 1 is 0.800 bits per heavy atom. The van der Waals surface area contributed by atoms with E-state index in [-0.39, 0.29) is 0 Å². The van der Waals surface area contributed by atoms with Crippen molar-refractivity contribution in [3.63, 3.8) is 0 Å². The number of unbranched alkanes of at least 4 members (excludes halogenated alkanes) is 1. The lowest BCUT2D eigenvalue weighted by molar-refractivity contribution is 0.108. The number of hydrogen-bond donors (Lipinski definition) is 1. The Morgan fingerprint density at radius 2 is 1.40 bits per heavy atom. The third-order valence-electron chi connectivity index (χ3n) is 6.80. The molecule has 1 N–H and O–H groups in total. The van der Waals surface area contributed by atoms with Crippen LogP contribution in [0.4, 0.5) is 0 Å². The fourth-order valence-electron chi connectivity index (χ4n) is 4.07. The standard InChI is InChI=1S/C11H24N2.C8H18N2.C7H16/c1-4-5-6-12-7-9-13(10-8-12)11(2)3;1-7(2)10-5-4-8(6-10)9-3;1-4-6-7(3)5-2/h11H,4-10H2,1-3H3;7-9H,4-6H2,1-3H3;7H,4-6H2,1-3H3. The molecule has 0 aromatic heterocycles. The Labute approximate surface area is 191 Å². The summed E-state index contributed by atoms with van der Waals surface area (Å²) in [5.41, 5.74) is 0. The molecule has 2 aliphatic heterocycles. The molecule has 4 heteroatoms. The number of nitrogens with one attached hydrogen (secondary N) is 1. The smallest absolute Gasteiger partial charge is 0.0204 e. The van der Waals surface area contributed by atoms with Crippen LogP contribution < -0.4 is 5.32 Å². The van der Waals surface area contributed by atoms with E-state index in [4.69, 9.17) is 0 Å². The van der Waals surface area contributed by atoms with E-state index in [1.54, 1.807) is 0 Å². The Morgan fingerprint density at radius 3 is 1.73 bits per heavy atom. The molecule has 4 nitrogen and oxygen atoms in total. The van der Waals surface area contributed by atoms with Gasteiger partial charge in [0.2, 0.25) is 0 Å². The molecule has 0 amide bonds. The van der Waals surface area contributed by atoms with Crippen molar-refractivity contribution in [1.82, 2.24) is 20.0 Å². The first-order chi connectivity index (χ1) is 14.3. The van der Waals surface area contributed by atoms with Crippen LogP contribution in [0.5, 0.6) is 0 Å². The molecule has 0 spiro atoms. The normalized spacial score (nSPS) is 21.9. The fourth-order valence-corrected chi connectivity index (χ4v) is 4.07. The van der Waals surface area contributed by atoms with Crippen molar-refractivity contribution in [2.24, 2.45) is 5.92 Å². The Balaban J connectivity index is 0.000000442. The Hall–Kier alpha value is -0.160. The zero-order valence-electron chi connectivity index (χ0n) is 22.3. The topological polar surface area (TPSA) is 21.8 Å². The van der Waals surface area contributed by atoms with Crippen molar-refractivity contribution in [2.45, 2.75) is 112 Å². The van der Waals surface area contributed by atoms with E-state index in [0.717, 1.165) is 24.0 Å². The summed E-state index contributed by atoms with van der Waals surface area (Å²) in [6.45, 7) is 27.1. The third kappa shape index (κ3) is 14.0. The van der Waals surface area contributed by atoms with Gasteiger partial charge >= 0.3 is 0 Å². The van der Waals surface area contributed by atoms with Crippen LogP contribution in [0, 0.1) is 5.92 Å². The fraction of sp³-hybridized carbons (Fsp3) is 1.00. The summed E-state index contributed by atoms with van der Waals surface area (Å²) in [5, 5.41) is 3.31. The van der Waals surface area contributed by atoms with Gasteiger partial charge in [0.05, 0.1) is 0 Å². The average molecular weight is 427 g/mol. The van der Waals surface area contributed by atoms with Crippen LogP contribution in [-0.4, -0.2) is 85.7 Å². The molecule has 2 aliphatic rings. The highest BCUT2D eigenvalue weighted by atomic mass is 15.3. The van der Waals surface area contributed by atoms with Gasteiger partial charge in [0, 0.05) is 50.8 Å². The second-order valence-corrected chi connectivity index (χ2v) is 9.99. The highest BCUT2D eigenvalue weighted by molar-refractivity contribution is 4.81. The predicted octanol–water partition coefficient (Wildman–Crippen LogP) is 5.33. The Kier molecular flexibility index (Phi) is 18.3. The van der Waals surface area contributed by atoms with Gasteiger partial charge in [-0.1, -0.05) is 53.4 Å². The highest BCUT2D eigenvalue weighted by Gasteiger charge is 2.22. The van der Waals surface area contributed by atoms with Crippen LogP contribution >= 0.6 is 0 Å². The molecule has 0 radical (unpaired) electrons. The van der Waals surface area contributed by atoms with E-state index in [0.29, 0.717) is 0 Å². The van der Waals surface area contributed by atoms with Crippen LogP contribution in [0.25, 0.3) is 0 Å². The minimum Gasteiger partial charge on any atom is -0.316 e. The van der Waals surface area contributed by atoms with Gasteiger partial charge in [-0.25, -0.2) is 0 Å². The van der Waals surface area contributed by atoms with Gasteiger partial charge in [0.1, 0.15) is 0 Å². The minimum absolute atomic E-state index is 0.721. The summed E-state index contributed by atoms with van der Waals surface area (Å²) in [6.07, 6.45) is 8.08. The highest BCUT2D eigenvalue weighted by Crippen LogP contribution is 2.11. The summed E-state index contributed by atoms with van der Waals surface area (Å²) < 4.78 is 0. The second kappa shape index (κ2) is 18.4.